The summed E-state index contributed by atoms with van der Waals surface area (Å²) >= 11 is 12.4. The van der Waals surface area contributed by atoms with Crippen LogP contribution in [0, 0.1) is 0 Å². The zero-order chi connectivity index (χ0) is 34.2. The van der Waals surface area contributed by atoms with Crippen LogP contribution in [0.5, 0.6) is 0 Å². The molecule has 13 heteroatoms. The smallest absolute Gasteiger partial charge is 0.354 e. The summed E-state index contributed by atoms with van der Waals surface area (Å²) in [6.45, 7) is 1.09. The number of hydrogen-bond acceptors (Lipinski definition) is 4. The van der Waals surface area contributed by atoms with Crippen molar-refractivity contribution in [3.63, 3.8) is 0 Å². The molecular weight excluding hydrogens is 674 g/mol. The predicted molar refractivity (Wildman–Crippen MR) is 177 cm³/mol. The van der Waals surface area contributed by atoms with E-state index >= 15 is 0 Å². The van der Waals surface area contributed by atoms with Crippen molar-refractivity contribution < 1.29 is 31.2 Å². The molecule has 1 N–H and O–H groups in total. The molecule has 0 aliphatic heterocycles. The third-order valence-electron chi connectivity index (χ3n) is 7.23. The fraction of sp³-hybridized carbons (Fsp3) is 0.235. The fourth-order valence-electron chi connectivity index (χ4n) is 4.84. The zero-order valence-electron chi connectivity index (χ0n) is 25.3. The monoisotopic (exact) mass is 705 g/mol. The highest BCUT2D eigenvalue weighted by molar-refractivity contribution is 7.92. The molecule has 0 radical (unpaired) electrons. The van der Waals surface area contributed by atoms with Crippen molar-refractivity contribution in [2.24, 2.45) is 0 Å². The number of hydrogen-bond donors (Lipinski definition) is 1. The molecule has 248 valence electrons. The molecule has 4 aromatic rings. The lowest BCUT2D eigenvalue weighted by atomic mass is 10.0. The summed E-state index contributed by atoms with van der Waals surface area (Å²) in [6, 6.07) is 23.3. The van der Waals surface area contributed by atoms with E-state index in [-0.39, 0.29) is 33.6 Å². The molecule has 0 unspecified atom stereocenters. The summed E-state index contributed by atoms with van der Waals surface area (Å²) in [7, 11) is -4.57. The Morgan fingerprint density at radius 2 is 1.49 bits per heavy atom. The molecule has 47 heavy (non-hydrogen) atoms. The first-order valence-corrected chi connectivity index (χ1v) is 16.8. The molecule has 7 nitrogen and oxygen atoms in total. The van der Waals surface area contributed by atoms with Gasteiger partial charge in [-0.05, 0) is 60.0 Å². The Labute approximate surface area is 282 Å². The van der Waals surface area contributed by atoms with Crippen molar-refractivity contribution in [2.45, 2.75) is 43.4 Å². The minimum Gasteiger partial charge on any atom is -0.354 e. The lowest BCUT2D eigenvalue weighted by molar-refractivity contribution is -0.140. The van der Waals surface area contributed by atoms with Crippen LogP contribution in [0.4, 0.5) is 18.9 Å². The minimum absolute atomic E-state index is 0.0679. The molecule has 0 bridgehead atoms. The van der Waals surface area contributed by atoms with Gasteiger partial charge in [-0.2, -0.15) is 13.2 Å². The van der Waals surface area contributed by atoms with E-state index in [4.69, 9.17) is 23.2 Å². The van der Waals surface area contributed by atoms with E-state index in [2.05, 4.69) is 5.32 Å². The standard InChI is InChI=1S/C34H32Cl2F3N3O4S/c1-2-18-40-33(44)31(20-24-10-5-3-6-11-24)41(22-25-16-17-29(35)30(36)19-25)32(43)23-42(47(45,46)28-14-7-4-8-15-28)27-13-9-12-26(21-27)34(37,38)39/h3-17,19,21,31H,2,18,20,22-23H2,1H3,(H,40,44)/t31-/m1/s1. The van der Waals surface area contributed by atoms with E-state index < -0.39 is 46.2 Å². The van der Waals surface area contributed by atoms with Crippen LogP contribution in [-0.2, 0) is 38.8 Å². The molecule has 4 aromatic carbocycles. The number of rotatable bonds is 13. The average Bonchev–Trinajstić information content (AvgIpc) is 3.06. The second kappa shape index (κ2) is 15.7. The van der Waals surface area contributed by atoms with Crippen molar-refractivity contribution in [1.29, 1.82) is 0 Å². The molecule has 0 aliphatic carbocycles. The molecule has 2 amide bonds. The Balaban J connectivity index is 1.84. The number of halogens is 5. The molecule has 0 aromatic heterocycles. The summed E-state index contributed by atoms with van der Waals surface area (Å²) < 4.78 is 69.8. The van der Waals surface area contributed by atoms with Gasteiger partial charge in [0.15, 0.2) is 0 Å². The molecule has 0 fully saturated rings. The van der Waals surface area contributed by atoms with Gasteiger partial charge in [0.25, 0.3) is 10.0 Å². The van der Waals surface area contributed by atoms with Crippen LogP contribution < -0.4 is 9.62 Å². The van der Waals surface area contributed by atoms with E-state index in [1.165, 1.54) is 47.4 Å². The third-order valence-corrected chi connectivity index (χ3v) is 9.76. The summed E-state index contributed by atoms with van der Waals surface area (Å²) in [5, 5.41) is 3.28. The van der Waals surface area contributed by atoms with Gasteiger partial charge in [-0.3, -0.25) is 13.9 Å². The second-order valence-electron chi connectivity index (χ2n) is 10.6. The van der Waals surface area contributed by atoms with Gasteiger partial charge in [-0.15, -0.1) is 0 Å². The van der Waals surface area contributed by atoms with Gasteiger partial charge in [0.1, 0.15) is 12.6 Å². The highest BCUT2D eigenvalue weighted by atomic mass is 35.5. The molecule has 0 aliphatic rings. The molecule has 1 atom stereocenters. The van der Waals surface area contributed by atoms with Crippen LogP contribution in [-0.4, -0.2) is 44.3 Å². The maximum absolute atomic E-state index is 14.4. The van der Waals surface area contributed by atoms with E-state index in [9.17, 15) is 31.2 Å². The quantitative estimate of drug-likeness (QED) is 0.157. The van der Waals surface area contributed by atoms with Crippen LogP contribution in [0.1, 0.15) is 30.0 Å². The molecular formula is C34H32Cl2F3N3O4S. The number of carbonyl (C=O) groups is 2. The molecule has 0 saturated heterocycles. The van der Waals surface area contributed by atoms with Gasteiger partial charge < -0.3 is 10.2 Å². The maximum Gasteiger partial charge on any atom is 0.416 e. The van der Waals surface area contributed by atoms with Crippen molar-refractivity contribution in [3.8, 4) is 0 Å². The first kappa shape index (κ1) is 35.8. The molecule has 0 heterocycles. The van der Waals surface area contributed by atoms with E-state index in [0.29, 0.717) is 28.9 Å². The van der Waals surface area contributed by atoms with Crippen molar-refractivity contribution >= 4 is 50.7 Å². The maximum atomic E-state index is 14.4. The van der Waals surface area contributed by atoms with Crippen LogP contribution in [0.3, 0.4) is 0 Å². The van der Waals surface area contributed by atoms with Crippen LogP contribution in [0.2, 0.25) is 10.0 Å². The van der Waals surface area contributed by atoms with Gasteiger partial charge in [-0.1, -0.05) is 90.8 Å². The molecule has 0 spiro atoms. The number of anilines is 1. The second-order valence-corrected chi connectivity index (χ2v) is 13.3. The summed E-state index contributed by atoms with van der Waals surface area (Å²) in [5.74, 6) is -1.32. The lowest BCUT2D eigenvalue weighted by Gasteiger charge is -2.34. The SMILES string of the molecule is CCCNC(=O)[C@@H](Cc1ccccc1)N(Cc1ccc(Cl)c(Cl)c1)C(=O)CN(c1cccc(C(F)(F)F)c1)S(=O)(=O)c1ccccc1. The normalized spacial score (nSPS) is 12.3. The lowest BCUT2D eigenvalue weighted by Crippen LogP contribution is -2.53. The highest BCUT2D eigenvalue weighted by Crippen LogP contribution is 2.33. The van der Waals surface area contributed by atoms with Crippen molar-refractivity contribution in [1.82, 2.24) is 10.2 Å². The van der Waals surface area contributed by atoms with Crippen molar-refractivity contribution in [3.05, 3.63) is 130 Å². The van der Waals surface area contributed by atoms with Crippen molar-refractivity contribution in [2.75, 3.05) is 17.4 Å². The number of nitrogens with one attached hydrogen (secondary N) is 1. The number of sulfonamides is 1. The highest BCUT2D eigenvalue weighted by Gasteiger charge is 2.36. The van der Waals surface area contributed by atoms with E-state index in [0.717, 1.165) is 17.7 Å². The largest absolute Gasteiger partial charge is 0.416 e. The Kier molecular flexibility index (Phi) is 11.9. The van der Waals surface area contributed by atoms with Crippen LogP contribution >= 0.6 is 23.2 Å². The number of carbonyl (C=O) groups excluding carboxylic acids is 2. The van der Waals surface area contributed by atoms with Gasteiger partial charge in [0.2, 0.25) is 11.8 Å². The summed E-state index contributed by atoms with van der Waals surface area (Å²) in [4.78, 5) is 29.1. The first-order chi connectivity index (χ1) is 22.3. The Hall–Kier alpha value is -4.06. The first-order valence-electron chi connectivity index (χ1n) is 14.6. The van der Waals surface area contributed by atoms with Gasteiger partial charge in [0, 0.05) is 19.5 Å². The topological polar surface area (TPSA) is 86.8 Å². The van der Waals surface area contributed by atoms with Gasteiger partial charge >= 0.3 is 6.18 Å². The zero-order valence-corrected chi connectivity index (χ0v) is 27.6. The third kappa shape index (κ3) is 9.27. The van der Waals surface area contributed by atoms with Crippen LogP contribution in [0.15, 0.2) is 108 Å². The summed E-state index contributed by atoms with van der Waals surface area (Å²) in [6.07, 6.45) is -4.10. The average molecular weight is 707 g/mol. The molecule has 0 saturated carbocycles. The number of amides is 2. The Bertz CT molecular complexity index is 1790. The number of alkyl halides is 3. The minimum atomic E-state index is -4.78. The Morgan fingerprint density at radius 3 is 2.11 bits per heavy atom. The van der Waals surface area contributed by atoms with Gasteiger partial charge in [0.05, 0.1) is 26.2 Å². The van der Waals surface area contributed by atoms with E-state index in [1.54, 1.807) is 42.5 Å². The number of nitrogens with zero attached hydrogens (tertiary/aromatic N) is 2. The van der Waals surface area contributed by atoms with Crippen LogP contribution in [0.25, 0.3) is 0 Å². The van der Waals surface area contributed by atoms with Gasteiger partial charge in [-0.25, -0.2) is 8.42 Å². The summed E-state index contributed by atoms with van der Waals surface area (Å²) in [5.41, 5.74) is -0.251. The molecule has 4 rings (SSSR count). The fourth-order valence-corrected chi connectivity index (χ4v) is 6.59. The number of benzene rings is 4. The van der Waals surface area contributed by atoms with E-state index in [1.807, 2.05) is 6.92 Å². The predicted octanol–water partition coefficient (Wildman–Crippen LogP) is 7.37. The Morgan fingerprint density at radius 1 is 0.830 bits per heavy atom.